The topological polar surface area (TPSA) is 15.3 Å². The van der Waals surface area contributed by atoms with E-state index in [0.29, 0.717) is 6.04 Å². The number of rotatable bonds is 8. The number of nitrogens with zero attached hydrogens (tertiary/aromatic N) is 1. The molecule has 102 valence electrons. The lowest BCUT2D eigenvalue weighted by Gasteiger charge is -2.23. The van der Waals surface area contributed by atoms with Crippen molar-refractivity contribution in [3.05, 3.63) is 35.4 Å². The lowest BCUT2D eigenvalue weighted by Crippen LogP contribution is -2.39. The summed E-state index contributed by atoms with van der Waals surface area (Å²) in [6.45, 7) is 4.21. The maximum absolute atomic E-state index is 3.56. The van der Waals surface area contributed by atoms with Crippen LogP contribution in [0, 0.1) is 0 Å². The molecule has 0 aliphatic heterocycles. The molecule has 2 nitrogen and oxygen atoms in total. The highest BCUT2D eigenvalue weighted by Gasteiger charge is 2.09. The van der Waals surface area contributed by atoms with Crippen molar-refractivity contribution in [2.45, 2.75) is 25.9 Å². The van der Waals surface area contributed by atoms with E-state index in [2.05, 4.69) is 61.8 Å². The Labute approximate surface area is 116 Å². The third kappa shape index (κ3) is 5.42. The summed E-state index contributed by atoms with van der Waals surface area (Å²) in [4.78, 5) is 2.30. The van der Waals surface area contributed by atoms with Crippen LogP contribution in [0.2, 0.25) is 0 Å². The van der Waals surface area contributed by atoms with Crippen LogP contribution in [0.25, 0.3) is 0 Å². The van der Waals surface area contributed by atoms with Gasteiger partial charge in [-0.3, -0.25) is 0 Å². The Morgan fingerprint density at radius 2 is 2.00 bits per heavy atom. The molecule has 18 heavy (non-hydrogen) atoms. The van der Waals surface area contributed by atoms with Crippen LogP contribution in [0.3, 0.4) is 0 Å². The van der Waals surface area contributed by atoms with E-state index in [0.717, 1.165) is 19.5 Å². The molecule has 0 spiro atoms. The number of hydrogen-bond donors (Lipinski definition) is 1. The summed E-state index contributed by atoms with van der Waals surface area (Å²) < 4.78 is 0. The number of nitrogens with one attached hydrogen (secondary N) is 1. The highest BCUT2D eigenvalue weighted by Crippen LogP contribution is 2.06. The second-order valence-electron chi connectivity index (χ2n) is 4.88. The Morgan fingerprint density at radius 1 is 1.28 bits per heavy atom. The first-order valence-electron chi connectivity index (χ1n) is 6.61. The zero-order valence-electron chi connectivity index (χ0n) is 12.1. The standard InChI is InChI=1S/C15H26N2S/c1-5-13-7-6-8-14(9-13)10-16-11-15(12-18-4)17(2)3/h6-9,15-16H,5,10-12H2,1-4H3/t15-/m1/s1. The summed E-state index contributed by atoms with van der Waals surface area (Å²) in [6.07, 6.45) is 3.28. The van der Waals surface area contributed by atoms with Crippen molar-refractivity contribution in [3.8, 4) is 0 Å². The molecule has 0 fully saturated rings. The van der Waals surface area contributed by atoms with Crippen molar-refractivity contribution in [3.63, 3.8) is 0 Å². The van der Waals surface area contributed by atoms with Gasteiger partial charge in [-0.15, -0.1) is 0 Å². The molecule has 0 amide bonds. The number of aryl methyl sites for hydroxylation is 1. The molecule has 0 heterocycles. The van der Waals surface area contributed by atoms with Gasteiger partial charge in [0.25, 0.3) is 0 Å². The Balaban J connectivity index is 2.39. The van der Waals surface area contributed by atoms with Gasteiger partial charge in [-0.1, -0.05) is 31.2 Å². The summed E-state index contributed by atoms with van der Waals surface area (Å²) in [5, 5.41) is 3.56. The fraction of sp³-hybridized carbons (Fsp3) is 0.600. The first kappa shape index (κ1) is 15.5. The fourth-order valence-corrected chi connectivity index (χ4v) is 2.73. The van der Waals surface area contributed by atoms with Crippen LogP contribution in [-0.2, 0) is 13.0 Å². The first-order chi connectivity index (χ1) is 8.67. The molecule has 0 aliphatic rings. The lowest BCUT2D eigenvalue weighted by atomic mass is 10.1. The molecule has 1 aromatic carbocycles. The Morgan fingerprint density at radius 3 is 2.61 bits per heavy atom. The van der Waals surface area contributed by atoms with Crippen LogP contribution < -0.4 is 5.32 Å². The SMILES string of the molecule is CCc1cccc(CNC[C@H](CSC)N(C)C)c1. The molecule has 1 atom stereocenters. The molecule has 0 saturated heterocycles. The quantitative estimate of drug-likeness (QED) is 0.779. The van der Waals surface area contributed by atoms with Crippen molar-refractivity contribution < 1.29 is 0 Å². The van der Waals surface area contributed by atoms with Crippen molar-refractivity contribution >= 4 is 11.8 Å². The molecule has 1 rings (SSSR count). The summed E-state index contributed by atoms with van der Waals surface area (Å²) in [7, 11) is 4.31. The minimum atomic E-state index is 0.606. The maximum Gasteiger partial charge on any atom is 0.0305 e. The van der Waals surface area contributed by atoms with Crippen LogP contribution in [0.4, 0.5) is 0 Å². The summed E-state index contributed by atoms with van der Waals surface area (Å²) in [5.74, 6) is 1.18. The van der Waals surface area contributed by atoms with Gasteiger partial charge in [0, 0.05) is 24.9 Å². The van der Waals surface area contributed by atoms with Crippen LogP contribution >= 0.6 is 11.8 Å². The average molecular weight is 266 g/mol. The molecule has 0 aromatic heterocycles. The van der Waals surface area contributed by atoms with Crippen LogP contribution in [0.5, 0.6) is 0 Å². The van der Waals surface area contributed by atoms with Gasteiger partial charge < -0.3 is 10.2 Å². The van der Waals surface area contributed by atoms with E-state index >= 15 is 0 Å². The Bertz CT molecular complexity index is 339. The zero-order valence-corrected chi connectivity index (χ0v) is 12.9. The van der Waals surface area contributed by atoms with Gasteiger partial charge in [0.2, 0.25) is 0 Å². The summed E-state index contributed by atoms with van der Waals surface area (Å²) in [6, 6.07) is 9.45. The smallest absolute Gasteiger partial charge is 0.0305 e. The van der Waals surface area contributed by atoms with Crippen molar-refractivity contribution in [1.29, 1.82) is 0 Å². The van der Waals surface area contributed by atoms with E-state index in [1.165, 1.54) is 16.9 Å². The van der Waals surface area contributed by atoms with Gasteiger partial charge in [-0.05, 0) is 37.9 Å². The number of likely N-dealkylation sites (N-methyl/N-ethyl adjacent to an activating group) is 1. The van der Waals surface area contributed by atoms with Crippen LogP contribution in [0.1, 0.15) is 18.1 Å². The monoisotopic (exact) mass is 266 g/mol. The Kier molecular flexibility index (Phi) is 7.40. The van der Waals surface area contributed by atoms with Gasteiger partial charge in [0.1, 0.15) is 0 Å². The second kappa shape index (κ2) is 8.57. The van der Waals surface area contributed by atoms with E-state index < -0.39 is 0 Å². The van der Waals surface area contributed by atoms with Gasteiger partial charge >= 0.3 is 0 Å². The van der Waals surface area contributed by atoms with Gasteiger partial charge in [0.15, 0.2) is 0 Å². The number of benzene rings is 1. The van der Waals surface area contributed by atoms with E-state index in [4.69, 9.17) is 0 Å². The van der Waals surface area contributed by atoms with E-state index in [-0.39, 0.29) is 0 Å². The van der Waals surface area contributed by atoms with E-state index in [9.17, 15) is 0 Å². The molecule has 1 N–H and O–H groups in total. The average Bonchev–Trinajstić information content (AvgIpc) is 2.38. The molecular formula is C15H26N2S. The highest BCUT2D eigenvalue weighted by atomic mass is 32.2. The Hall–Kier alpha value is -0.510. The fourth-order valence-electron chi connectivity index (χ4n) is 1.93. The lowest BCUT2D eigenvalue weighted by molar-refractivity contribution is 0.307. The number of thioether (sulfide) groups is 1. The van der Waals surface area contributed by atoms with E-state index in [1.807, 2.05) is 11.8 Å². The third-order valence-electron chi connectivity index (χ3n) is 3.20. The minimum Gasteiger partial charge on any atom is -0.311 e. The van der Waals surface area contributed by atoms with Crippen molar-refractivity contribution in [2.24, 2.45) is 0 Å². The summed E-state index contributed by atoms with van der Waals surface area (Å²) >= 11 is 1.91. The predicted molar refractivity (Wildman–Crippen MR) is 83.4 cm³/mol. The highest BCUT2D eigenvalue weighted by molar-refractivity contribution is 7.98. The molecule has 0 aliphatic carbocycles. The molecule has 0 radical (unpaired) electrons. The molecule has 0 saturated carbocycles. The van der Waals surface area contributed by atoms with Gasteiger partial charge in [-0.25, -0.2) is 0 Å². The largest absolute Gasteiger partial charge is 0.311 e. The molecule has 1 aromatic rings. The number of hydrogen-bond acceptors (Lipinski definition) is 3. The van der Waals surface area contributed by atoms with Crippen molar-refractivity contribution in [2.75, 3.05) is 32.6 Å². The molecule has 0 bridgehead atoms. The zero-order chi connectivity index (χ0) is 13.4. The predicted octanol–water partition coefficient (Wildman–Crippen LogP) is 2.63. The van der Waals surface area contributed by atoms with Crippen LogP contribution in [0.15, 0.2) is 24.3 Å². The molecule has 0 unspecified atom stereocenters. The van der Waals surface area contributed by atoms with Gasteiger partial charge in [-0.2, -0.15) is 11.8 Å². The van der Waals surface area contributed by atoms with E-state index in [1.54, 1.807) is 0 Å². The maximum atomic E-state index is 3.56. The summed E-state index contributed by atoms with van der Waals surface area (Å²) in [5.41, 5.74) is 2.80. The molecule has 3 heteroatoms. The van der Waals surface area contributed by atoms with Crippen molar-refractivity contribution in [1.82, 2.24) is 10.2 Å². The third-order valence-corrected chi connectivity index (χ3v) is 3.92. The second-order valence-corrected chi connectivity index (χ2v) is 5.79. The molecular weight excluding hydrogens is 240 g/mol. The normalized spacial score (nSPS) is 12.9. The minimum absolute atomic E-state index is 0.606. The van der Waals surface area contributed by atoms with Crippen LogP contribution in [-0.4, -0.2) is 43.6 Å². The van der Waals surface area contributed by atoms with Gasteiger partial charge in [0.05, 0.1) is 0 Å². The first-order valence-corrected chi connectivity index (χ1v) is 8.00.